The maximum Gasteiger partial charge on any atom is 0.179 e. The van der Waals surface area contributed by atoms with Gasteiger partial charge < -0.3 is 10.6 Å². The summed E-state index contributed by atoms with van der Waals surface area (Å²) in [5.74, 6) is 0.958. The number of hydrogen-bond acceptors (Lipinski definition) is 5. The van der Waals surface area contributed by atoms with Crippen molar-refractivity contribution >= 4 is 15.7 Å². The molecular weight excluding hydrogens is 262 g/mol. The van der Waals surface area contributed by atoms with Crippen LogP contribution in [0.5, 0.6) is 0 Å². The van der Waals surface area contributed by atoms with E-state index < -0.39 is 9.84 Å². The Morgan fingerprint density at radius 1 is 1.42 bits per heavy atom. The van der Waals surface area contributed by atoms with Crippen LogP contribution in [0.2, 0.25) is 0 Å². The Labute approximate surface area is 115 Å². The van der Waals surface area contributed by atoms with Crippen LogP contribution >= 0.6 is 0 Å². The Hall–Kier alpha value is -1.14. The van der Waals surface area contributed by atoms with E-state index in [1.165, 1.54) is 6.26 Å². The first-order chi connectivity index (χ1) is 8.86. The Morgan fingerprint density at radius 2 is 2.11 bits per heavy atom. The smallest absolute Gasteiger partial charge is 0.179 e. The highest BCUT2D eigenvalue weighted by atomic mass is 32.2. The van der Waals surface area contributed by atoms with Gasteiger partial charge in [0, 0.05) is 25.5 Å². The molecule has 5 nitrogen and oxygen atoms in total. The van der Waals surface area contributed by atoms with Crippen molar-refractivity contribution in [2.24, 2.45) is 11.7 Å². The zero-order valence-corrected chi connectivity index (χ0v) is 12.7. The molecule has 0 aliphatic rings. The van der Waals surface area contributed by atoms with E-state index in [1.807, 2.05) is 4.90 Å². The van der Waals surface area contributed by atoms with Crippen molar-refractivity contribution in [2.45, 2.75) is 25.2 Å². The van der Waals surface area contributed by atoms with Crippen molar-refractivity contribution in [3.05, 3.63) is 18.3 Å². The summed E-state index contributed by atoms with van der Waals surface area (Å²) in [5.41, 5.74) is 5.54. The molecule has 0 aliphatic carbocycles. The standard InChI is InChI=1S/C13H23N3O2S/c1-11(2)10-16(9-5-7-14)13-12(19(3,17)18)6-4-8-15-13/h4,6,8,11H,5,7,9-10,14H2,1-3H3. The van der Waals surface area contributed by atoms with Crippen LogP contribution < -0.4 is 10.6 Å². The molecule has 0 amide bonds. The zero-order chi connectivity index (χ0) is 14.5. The van der Waals surface area contributed by atoms with E-state index in [0.29, 0.717) is 24.8 Å². The van der Waals surface area contributed by atoms with Crippen LogP contribution in [0.3, 0.4) is 0 Å². The fourth-order valence-electron chi connectivity index (χ4n) is 1.92. The van der Waals surface area contributed by atoms with E-state index >= 15 is 0 Å². The second-order valence-electron chi connectivity index (χ2n) is 5.08. The van der Waals surface area contributed by atoms with Crippen LogP contribution in [0.15, 0.2) is 23.2 Å². The number of anilines is 1. The first-order valence-corrected chi connectivity index (χ1v) is 8.35. The molecule has 0 fully saturated rings. The maximum absolute atomic E-state index is 11.8. The molecule has 6 heteroatoms. The molecule has 0 atom stereocenters. The van der Waals surface area contributed by atoms with E-state index in [-0.39, 0.29) is 4.90 Å². The lowest BCUT2D eigenvalue weighted by Crippen LogP contribution is -2.32. The van der Waals surface area contributed by atoms with Crippen LogP contribution in [0.25, 0.3) is 0 Å². The summed E-state index contributed by atoms with van der Waals surface area (Å²) in [6.45, 7) is 6.25. The van der Waals surface area contributed by atoms with Gasteiger partial charge in [0.25, 0.3) is 0 Å². The molecule has 0 aliphatic heterocycles. The molecule has 1 heterocycles. The van der Waals surface area contributed by atoms with Crippen molar-refractivity contribution in [1.82, 2.24) is 4.98 Å². The number of nitrogens with two attached hydrogens (primary N) is 1. The van der Waals surface area contributed by atoms with Crippen LogP contribution in [0, 0.1) is 5.92 Å². The predicted octanol–water partition coefficient (Wildman–Crippen LogP) is 1.30. The number of hydrogen-bond donors (Lipinski definition) is 1. The number of aromatic nitrogens is 1. The van der Waals surface area contributed by atoms with Crippen molar-refractivity contribution in [3.8, 4) is 0 Å². The highest BCUT2D eigenvalue weighted by Gasteiger charge is 2.19. The third-order valence-electron chi connectivity index (χ3n) is 2.67. The molecule has 0 radical (unpaired) electrons. The summed E-state index contributed by atoms with van der Waals surface area (Å²) in [6.07, 6.45) is 3.65. The quantitative estimate of drug-likeness (QED) is 0.817. The van der Waals surface area contributed by atoms with Crippen molar-refractivity contribution in [2.75, 3.05) is 30.8 Å². The van der Waals surface area contributed by atoms with Crippen molar-refractivity contribution in [1.29, 1.82) is 0 Å². The second kappa shape index (κ2) is 6.86. The van der Waals surface area contributed by atoms with Crippen molar-refractivity contribution in [3.63, 3.8) is 0 Å². The Bertz CT molecular complexity index is 500. The number of rotatable bonds is 7. The molecule has 1 aromatic heterocycles. The molecule has 0 saturated heterocycles. The summed E-state index contributed by atoms with van der Waals surface area (Å²) < 4.78 is 23.7. The highest BCUT2D eigenvalue weighted by molar-refractivity contribution is 7.90. The molecule has 108 valence electrons. The van der Waals surface area contributed by atoms with E-state index in [9.17, 15) is 8.42 Å². The molecule has 0 aromatic carbocycles. The van der Waals surface area contributed by atoms with Gasteiger partial charge in [-0.1, -0.05) is 13.8 Å². The van der Waals surface area contributed by atoms with Gasteiger partial charge in [0.2, 0.25) is 0 Å². The van der Waals surface area contributed by atoms with Crippen LogP contribution in [0.1, 0.15) is 20.3 Å². The third kappa shape index (κ3) is 4.80. The fraction of sp³-hybridized carbons (Fsp3) is 0.615. The molecule has 19 heavy (non-hydrogen) atoms. The van der Waals surface area contributed by atoms with E-state index in [0.717, 1.165) is 13.0 Å². The predicted molar refractivity (Wildman–Crippen MR) is 78.1 cm³/mol. The molecule has 2 N–H and O–H groups in total. The van der Waals surface area contributed by atoms with Gasteiger partial charge in [-0.3, -0.25) is 0 Å². The second-order valence-corrected chi connectivity index (χ2v) is 7.06. The number of pyridine rings is 1. The van der Waals surface area contributed by atoms with Gasteiger partial charge in [0.05, 0.1) is 0 Å². The van der Waals surface area contributed by atoms with Gasteiger partial charge in [0.1, 0.15) is 10.7 Å². The molecular formula is C13H23N3O2S. The minimum absolute atomic E-state index is 0.285. The normalized spacial score (nSPS) is 11.8. The van der Waals surface area contributed by atoms with Gasteiger partial charge in [-0.15, -0.1) is 0 Å². The average molecular weight is 285 g/mol. The SMILES string of the molecule is CC(C)CN(CCCN)c1ncccc1S(C)(=O)=O. The lowest BCUT2D eigenvalue weighted by atomic mass is 10.2. The van der Waals surface area contributed by atoms with Gasteiger partial charge in [-0.05, 0) is 31.0 Å². The molecule has 0 saturated carbocycles. The average Bonchev–Trinajstić information content (AvgIpc) is 2.33. The first kappa shape index (κ1) is 15.9. The summed E-state index contributed by atoms with van der Waals surface area (Å²) >= 11 is 0. The monoisotopic (exact) mass is 285 g/mol. The summed E-state index contributed by atoms with van der Waals surface area (Å²) in [6, 6.07) is 3.25. The van der Waals surface area contributed by atoms with Gasteiger partial charge >= 0.3 is 0 Å². The van der Waals surface area contributed by atoms with E-state index in [4.69, 9.17) is 5.73 Å². The largest absolute Gasteiger partial charge is 0.355 e. The zero-order valence-electron chi connectivity index (χ0n) is 11.8. The van der Waals surface area contributed by atoms with Gasteiger partial charge in [-0.25, -0.2) is 13.4 Å². The third-order valence-corrected chi connectivity index (χ3v) is 3.79. The lowest BCUT2D eigenvalue weighted by Gasteiger charge is -2.27. The molecule has 1 aromatic rings. The summed E-state index contributed by atoms with van der Waals surface area (Å²) in [5, 5.41) is 0. The maximum atomic E-state index is 11.8. The molecule has 0 unspecified atom stereocenters. The molecule has 1 rings (SSSR count). The minimum atomic E-state index is -3.27. The number of nitrogens with zero attached hydrogens (tertiary/aromatic N) is 2. The Kier molecular flexibility index (Phi) is 5.75. The van der Waals surface area contributed by atoms with E-state index in [2.05, 4.69) is 18.8 Å². The van der Waals surface area contributed by atoms with Crippen LogP contribution in [-0.2, 0) is 9.84 Å². The summed E-state index contributed by atoms with van der Waals surface area (Å²) in [4.78, 5) is 6.55. The highest BCUT2D eigenvalue weighted by Crippen LogP contribution is 2.23. The molecule has 0 bridgehead atoms. The Balaban J connectivity index is 3.14. The van der Waals surface area contributed by atoms with Crippen molar-refractivity contribution < 1.29 is 8.42 Å². The van der Waals surface area contributed by atoms with Crippen LogP contribution in [0.4, 0.5) is 5.82 Å². The Morgan fingerprint density at radius 3 is 2.63 bits per heavy atom. The van der Waals surface area contributed by atoms with Gasteiger partial charge in [-0.2, -0.15) is 0 Å². The number of sulfone groups is 1. The fourth-order valence-corrected chi connectivity index (χ4v) is 2.75. The first-order valence-electron chi connectivity index (χ1n) is 6.46. The lowest BCUT2D eigenvalue weighted by molar-refractivity contribution is 0.585. The minimum Gasteiger partial charge on any atom is -0.355 e. The topological polar surface area (TPSA) is 76.3 Å². The van der Waals surface area contributed by atoms with Crippen LogP contribution in [-0.4, -0.2) is 39.3 Å². The molecule has 0 spiro atoms. The van der Waals surface area contributed by atoms with Gasteiger partial charge in [0.15, 0.2) is 9.84 Å². The van der Waals surface area contributed by atoms with E-state index in [1.54, 1.807) is 18.3 Å². The summed E-state index contributed by atoms with van der Waals surface area (Å²) in [7, 11) is -3.27.